The van der Waals surface area contributed by atoms with Gasteiger partial charge in [-0.05, 0) is 31.0 Å². The van der Waals surface area contributed by atoms with Crippen LogP contribution in [-0.4, -0.2) is 32.9 Å². The molecule has 0 saturated carbocycles. The summed E-state index contributed by atoms with van der Waals surface area (Å²) in [6.45, 7) is 6.22. The Balaban J connectivity index is 2.20. The van der Waals surface area contributed by atoms with E-state index in [0.717, 1.165) is 4.88 Å². The van der Waals surface area contributed by atoms with Crippen LogP contribution in [0.5, 0.6) is 0 Å². The van der Waals surface area contributed by atoms with Crippen LogP contribution in [0, 0.1) is 11.8 Å². The summed E-state index contributed by atoms with van der Waals surface area (Å²) in [6, 6.07) is 3.61. The minimum atomic E-state index is -3.28. The Kier molecular flexibility index (Phi) is 4.11. The van der Waals surface area contributed by atoms with Gasteiger partial charge in [-0.3, -0.25) is 0 Å². The van der Waals surface area contributed by atoms with E-state index in [0.29, 0.717) is 35.7 Å². The fraction of sp³-hybridized carbons (Fsp3) is 0.667. The van der Waals surface area contributed by atoms with Gasteiger partial charge in [0.15, 0.2) is 0 Å². The van der Waals surface area contributed by atoms with Crippen LogP contribution in [0.3, 0.4) is 0 Å². The van der Waals surface area contributed by atoms with E-state index in [4.69, 9.17) is 0 Å². The smallest absolute Gasteiger partial charge is 0.252 e. The predicted octanol–water partition coefficient (Wildman–Crippen LogP) is 1.74. The van der Waals surface area contributed by atoms with Crippen LogP contribution in [0.1, 0.15) is 18.7 Å². The fourth-order valence-electron chi connectivity index (χ4n) is 2.17. The summed E-state index contributed by atoms with van der Waals surface area (Å²) < 4.78 is 27.0. The van der Waals surface area contributed by atoms with Crippen LogP contribution in [0.4, 0.5) is 0 Å². The lowest BCUT2D eigenvalue weighted by Crippen LogP contribution is -2.28. The molecule has 4 nitrogen and oxygen atoms in total. The van der Waals surface area contributed by atoms with Crippen molar-refractivity contribution >= 4 is 21.4 Å². The van der Waals surface area contributed by atoms with Gasteiger partial charge in [0, 0.05) is 24.5 Å². The Morgan fingerprint density at radius 1 is 1.33 bits per heavy atom. The van der Waals surface area contributed by atoms with E-state index < -0.39 is 10.0 Å². The maximum atomic E-state index is 12.5. The minimum absolute atomic E-state index is 0.441. The van der Waals surface area contributed by atoms with E-state index in [1.165, 1.54) is 11.3 Å². The molecule has 0 aromatic carbocycles. The van der Waals surface area contributed by atoms with Gasteiger partial charge in [0.25, 0.3) is 10.0 Å². The van der Waals surface area contributed by atoms with Gasteiger partial charge in [0.1, 0.15) is 4.21 Å². The summed E-state index contributed by atoms with van der Waals surface area (Å²) >= 11 is 1.36. The van der Waals surface area contributed by atoms with Crippen molar-refractivity contribution in [3.8, 4) is 0 Å². The zero-order valence-electron chi connectivity index (χ0n) is 11.0. The first kappa shape index (κ1) is 14.0. The van der Waals surface area contributed by atoms with Crippen LogP contribution in [0.25, 0.3) is 0 Å². The van der Waals surface area contributed by atoms with Crippen LogP contribution >= 0.6 is 11.3 Å². The van der Waals surface area contributed by atoms with Gasteiger partial charge in [-0.15, -0.1) is 11.3 Å². The van der Waals surface area contributed by atoms with E-state index in [-0.39, 0.29) is 0 Å². The first-order chi connectivity index (χ1) is 8.45. The Bertz CT molecular complexity index is 500. The van der Waals surface area contributed by atoms with Gasteiger partial charge >= 0.3 is 0 Å². The Morgan fingerprint density at radius 2 is 1.94 bits per heavy atom. The highest BCUT2D eigenvalue weighted by atomic mass is 32.2. The second kappa shape index (κ2) is 5.28. The Labute approximate surface area is 113 Å². The molecule has 1 fully saturated rings. The highest BCUT2D eigenvalue weighted by molar-refractivity contribution is 7.91. The van der Waals surface area contributed by atoms with Crippen molar-refractivity contribution in [1.29, 1.82) is 0 Å². The molecule has 2 rings (SSSR count). The minimum Gasteiger partial charge on any atom is -0.315 e. The van der Waals surface area contributed by atoms with E-state index in [1.807, 2.05) is 13.1 Å². The molecule has 2 unspecified atom stereocenters. The van der Waals surface area contributed by atoms with Gasteiger partial charge in [-0.2, -0.15) is 4.31 Å². The summed E-state index contributed by atoms with van der Waals surface area (Å²) in [7, 11) is -1.42. The summed E-state index contributed by atoms with van der Waals surface area (Å²) in [5, 5.41) is 3.03. The van der Waals surface area contributed by atoms with Crippen molar-refractivity contribution in [3.05, 3.63) is 17.0 Å². The largest absolute Gasteiger partial charge is 0.315 e. The lowest BCUT2D eigenvalue weighted by molar-refractivity contribution is 0.465. The molecule has 18 heavy (non-hydrogen) atoms. The third kappa shape index (κ3) is 2.61. The highest BCUT2D eigenvalue weighted by Crippen LogP contribution is 2.31. The van der Waals surface area contributed by atoms with Crippen molar-refractivity contribution < 1.29 is 8.42 Å². The molecule has 102 valence electrons. The number of hydrogen-bond donors (Lipinski definition) is 1. The van der Waals surface area contributed by atoms with Crippen LogP contribution in [0.2, 0.25) is 0 Å². The van der Waals surface area contributed by atoms with Crippen molar-refractivity contribution in [2.45, 2.75) is 24.6 Å². The lowest BCUT2D eigenvalue weighted by Gasteiger charge is -2.14. The second-order valence-corrected chi connectivity index (χ2v) is 8.36. The maximum Gasteiger partial charge on any atom is 0.252 e. The molecular formula is C12H20N2O2S2. The average Bonchev–Trinajstić information content (AvgIpc) is 2.88. The molecule has 2 heterocycles. The molecule has 6 heteroatoms. The van der Waals surface area contributed by atoms with Gasteiger partial charge in [-0.25, -0.2) is 8.42 Å². The summed E-state index contributed by atoms with van der Waals surface area (Å²) in [5.74, 6) is 0.882. The van der Waals surface area contributed by atoms with Crippen molar-refractivity contribution in [2.24, 2.45) is 11.8 Å². The second-order valence-electron chi connectivity index (χ2n) is 5.03. The van der Waals surface area contributed by atoms with Crippen LogP contribution < -0.4 is 5.32 Å². The third-order valence-corrected chi connectivity index (χ3v) is 6.92. The van der Waals surface area contributed by atoms with E-state index in [1.54, 1.807) is 10.4 Å². The molecule has 1 aliphatic rings. The molecule has 0 aliphatic carbocycles. The van der Waals surface area contributed by atoms with Gasteiger partial charge in [0.2, 0.25) is 0 Å². The average molecular weight is 288 g/mol. The maximum absolute atomic E-state index is 12.5. The standard InChI is InChI=1S/C12H20N2O2S2/c1-9-7-14(8-10(9)2)18(15,16)12-5-4-11(17-12)6-13-3/h4-5,9-10,13H,6-8H2,1-3H3. The first-order valence-corrected chi connectivity index (χ1v) is 8.44. The third-order valence-electron chi connectivity index (χ3n) is 3.54. The molecule has 0 radical (unpaired) electrons. The number of rotatable bonds is 4. The number of nitrogens with one attached hydrogen (secondary N) is 1. The van der Waals surface area contributed by atoms with Crippen LogP contribution in [-0.2, 0) is 16.6 Å². The Morgan fingerprint density at radius 3 is 2.50 bits per heavy atom. The van der Waals surface area contributed by atoms with Crippen molar-refractivity contribution in [1.82, 2.24) is 9.62 Å². The van der Waals surface area contributed by atoms with Crippen molar-refractivity contribution in [2.75, 3.05) is 20.1 Å². The van der Waals surface area contributed by atoms with E-state index >= 15 is 0 Å². The van der Waals surface area contributed by atoms with Crippen LogP contribution in [0.15, 0.2) is 16.3 Å². The van der Waals surface area contributed by atoms with Gasteiger partial charge < -0.3 is 5.32 Å². The molecule has 0 amide bonds. The SMILES string of the molecule is CNCc1ccc(S(=O)(=O)N2CC(C)C(C)C2)s1. The van der Waals surface area contributed by atoms with Gasteiger partial charge in [-0.1, -0.05) is 13.8 Å². The molecular weight excluding hydrogens is 268 g/mol. The summed E-state index contributed by atoms with van der Waals surface area (Å²) in [4.78, 5) is 1.05. The quantitative estimate of drug-likeness (QED) is 0.918. The lowest BCUT2D eigenvalue weighted by atomic mass is 10.0. The highest BCUT2D eigenvalue weighted by Gasteiger charge is 2.35. The molecule has 2 atom stereocenters. The number of sulfonamides is 1. The zero-order chi connectivity index (χ0) is 13.3. The molecule has 1 aliphatic heterocycles. The normalized spacial score (nSPS) is 25.7. The molecule has 1 aromatic rings. The first-order valence-electron chi connectivity index (χ1n) is 6.18. The van der Waals surface area contributed by atoms with Gasteiger partial charge in [0.05, 0.1) is 0 Å². The van der Waals surface area contributed by atoms with Crippen molar-refractivity contribution in [3.63, 3.8) is 0 Å². The molecule has 1 saturated heterocycles. The Hall–Kier alpha value is -0.430. The topological polar surface area (TPSA) is 49.4 Å². The predicted molar refractivity (Wildman–Crippen MR) is 74.2 cm³/mol. The van der Waals surface area contributed by atoms with E-state index in [2.05, 4.69) is 19.2 Å². The molecule has 1 N–H and O–H groups in total. The molecule has 1 aromatic heterocycles. The molecule has 0 bridgehead atoms. The summed E-state index contributed by atoms with van der Waals surface area (Å²) in [5.41, 5.74) is 0. The monoisotopic (exact) mass is 288 g/mol. The van der Waals surface area contributed by atoms with E-state index in [9.17, 15) is 8.42 Å². The number of hydrogen-bond acceptors (Lipinski definition) is 4. The number of thiophene rings is 1. The summed E-state index contributed by atoms with van der Waals surface area (Å²) in [6.07, 6.45) is 0. The molecule has 0 spiro atoms. The fourth-order valence-corrected chi connectivity index (χ4v) is 5.33. The zero-order valence-corrected chi connectivity index (χ0v) is 12.6. The number of nitrogens with zero attached hydrogens (tertiary/aromatic N) is 1.